The van der Waals surface area contributed by atoms with E-state index in [1.54, 1.807) is 4.90 Å². The van der Waals surface area contributed by atoms with Crippen molar-refractivity contribution in [1.29, 1.82) is 0 Å². The molecule has 24 N–H and O–H groups in total. The van der Waals surface area contributed by atoms with Crippen LogP contribution in [0.2, 0.25) is 0 Å². The summed E-state index contributed by atoms with van der Waals surface area (Å²) in [5.41, 5.74) is 0. The standard InChI is InChI=1S/C48H84N4O36/c53-7-16-25(62)28(65)34(71)46(80-16)86-40-19(10-56)83-43(37(74)31(40)68)77-13-22(59)49-1-4-52(5-2-50-23(60)14-78-44-38(75)32(69)41(20(11-57)84-44)87-47-35(72)29(66)26(63)17(8-54)81-47)6-3-51-24(61)15-79-45-39(76)33(70)42(21(12-58)85-45)88-48-36(73)30(67)27(64)18(9-55)82-48/h16-21,25-48,53-58,62-76H,1-15H2,(H,49,59)(H,50,60)(H,51,61)/t16-,17-,18-,19-,20-,21-,25-,26-,27-,28+,29+,30+,31-,32-,33-,34-,35-,36-,37-,38-,39-,40-,41-,42-,43-,44-,45-,46+,47+,48+/m1/s1. The molecule has 6 fully saturated rings. The highest BCUT2D eigenvalue weighted by Crippen LogP contribution is 2.33. The van der Waals surface area contributed by atoms with E-state index in [0.717, 1.165) is 0 Å². The van der Waals surface area contributed by atoms with E-state index in [9.17, 15) is 122 Å². The molecule has 0 unspecified atom stereocenters. The maximum atomic E-state index is 13.0. The molecule has 0 aromatic heterocycles. The fraction of sp³-hybridized carbons (Fsp3) is 0.938. The molecule has 0 aromatic carbocycles. The van der Waals surface area contributed by atoms with Crippen LogP contribution in [0.1, 0.15) is 0 Å². The van der Waals surface area contributed by atoms with Crippen LogP contribution >= 0.6 is 0 Å². The van der Waals surface area contributed by atoms with Gasteiger partial charge in [-0.2, -0.15) is 0 Å². The zero-order valence-corrected chi connectivity index (χ0v) is 46.9. The monoisotopic (exact) mass is 1290 g/mol. The molecular weight excluding hydrogens is 1210 g/mol. The normalized spacial score (nSPS) is 43.3. The third-order valence-corrected chi connectivity index (χ3v) is 15.3. The van der Waals surface area contributed by atoms with Crippen molar-refractivity contribution in [2.45, 2.75) is 184 Å². The first-order valence-corrected chi connectivity index (χ1v) is 28.0. The van der Waals surface area contributed by atoms with Gasteiger partial charge in [0.15, 0.2) is 37.7 Å². The molecule has 0 radical (unpaired) electrons. The number of amides is 3. The number of ether oxygens (including phenoxy) is 12. The molecule has 6 heterocycles. The van der Waals surface area contributed by atoms with Crippen molar-refractivity contribution in [2.24, 2.45) is 0 Å². The van der Waals surface area contributed by atoms with Crippen LogP contribution in [-0.2, 0) is 71.2 Å². The van der Waals surface area contributed by atoms with Gasteiger partial charge in [0.2, 0.25) is 17.7 Å². The van der Waals surface area contributed by atoms with Crippen molar-refractivity contribution in [3.8, 4) is 0 Å². The molecule has 6 rings (SSSR count). The van der Waals surface area contributed by atoms with Crippen LogP contribution < -0.4 is 16.0 Å². The summed E-state index contributed by atoms with van der Waals surface area (Å²) in [6, 6.07) is 0. The molecule has 0 aliphatic carbocycles. The fourth-order valence-electron chi connectivity index (χ4n) is 10.1. The average Bonchev–Trinajstić information content (AvgIpc) is 3.36. The smallest absolute Gasteiger partial charge is 0.246 e. The van der Waals surface area contributed by atoms with E-state index in [1.165, 1.54) is 0 Å². The third-order valence-electron chi connectivity index (χ3n) is 15.3. The molecule has 6 saturated heterocycles. The van der Waals surface area contributed by atoms with Gasteiger partial charge < -0.3 is 180 Å². The largest absolute Gasteiger partial charge is 0.394 e. The molecular formula is C48H84N4O36. The van der Waals surface area contributed by atoms with Gasteiger partial charge in [-0.1, -0.05) is 0 Å². The number of aliphatic hydroxyl groups is 21. The summed E-state index contributed by atoms with van der Waals surface area (Å²) in [5.74, 6) is -2.45. The van der Waals surface area contributed by atoms with Crippen LogP contribution in [0.4, 0.5) is 0 Å². The van der Waals surface area contributed by atoms with E-state index in [1.807, 2.05) is 0 Å². The van der Waals surface area contributed by atoms with Crippen molar-refractivity contribution in [1.82, 2.24) is 20.9 Å². The molecule has 0 saturated carbocycles. The van der Waals surface area contributed by atoms with Crippen LogP contribution in [0.5, 0.6) is 0 Å². The number of carbonyl (C=O) groups excluding carboxylic acids is 3. The van der Waals surface area contributed by atoms with E-state index in [0.29, 0.717) is 0 Å². The number of rotatable bonds is 30. The van der Waals surface area contributed by atoms with Gasteiger partial charge in [0.25, 0.3) is 0 Å². The first-order valence-electron chi connectivity index (χ1n) is 28.0. The molecule has 512 valence electrons. The van der Waals surface area contributed by atoms with Gasteiger partial charge >= 0.3 is 0 Å². The molecule has 40 nitrogen and oxygen atoms in total. The SMILES string of the molecule is O=C(CO[C@@H]1O[C@H](CO)[C@@H](O[C@@H]2O[C@H](CO)[C@@H](O)[C@H](O)[C@H]2O)[C@H](O)[C@H]1O)NCCN(CCNC(=O)CO[C@@H]1O[C@H](CO)[C@@H](O[C@@H]2O[C@H](CO)[C@@H](O)[C@H](O)[C@H]2O)[C@H](O)[C@H]1O)CCNC(=O)CO[C@@H]1O[C@H](CO)[C@@H](O[C@@H]2O[C@H](CO)[C@@H](O)[C@H](O)[C@H]2O)[C@H](O)[C@H]1O. The van der Waals surface area contributed by atoms with Gasteiger partial charge in [-0.3, -0.25) is 19.3 Å². The lowest BCUT2D eigenvalue weighted by molar-refractivity contribution is -0.358. The predicted octanol–water partition coefficient (Wildman–Crippen LogP) is -17.4. The number of nitrogens with zero attached hydrogens (tertiary/aromatic N) is 1. The van der Waals surface area contributed by atoms with Gasteiger partial charge in [0.1, 0.15) is 166 Å². The van der Waals surface area contributed by atoms with Gasteiger partial charge in [-0.15, -0.1) is 0 Å². The Kier molecular flexibility index (Phi) is 29.3. The highest BCUT2D eigenvalue weighted by atomic mass is 16.8. The van der Waals surface area contributed by atoms with Crippen LogP contribution in [-0.4, -0.2) is 413 Å². The Morgan fingerprint density at radius 1 is 0.295 bits per heavy atom. The third kappa shape index (κ3) is 18.5. The second-order valence-electron chi connectivity index (χ2n) is 21.3. The highest BCUT2D eigenvalue weighted by Gasteiger charge is 2.54. The Morgan fingerprint density at radius 3 is 0.739 bits per heavy atom. The number of hydrogen-bond acceptors (Lipinski definition) is 37. The van der Waals surface area contributed by atoms with Crippen molar-refractivity contribution in [2.75, 3.05) is 98.7 Å². The molecule has 0 bridgehead atoms. The van der Waals surface area contributed by atoms with Crippen LogP contribution in [0.25, 0.3) is 0 Å². The Morgan fingerprint density at radius 2 is 0.511 bits per heavy atom. The fourth-order valence-corrected chi connectivity index (χ4v) is 10.1. The Balaban J connectivity index is 0.997. The lowest BCUT2D eigenvalue weighted by Gasteiger charge is -2.45. The van der Waals surface area contributed by atoms with Crippen molar-refractivity contribution in [3.63, 3.8) is 0 Å². The van der Waals surface area contributed by atoms with Crippen molar-refractivity contribution in [3.05, 3.63) is 0 Å². The lowest BCUT2D eigenvalue weighted by Crippen LogP contribution is -2.64. The first-order chi connectivity index (χ1) is 41.8. The summed E-state index contributed by atoms with van der Waals surface area (Å²) in [5, 5.41) is 223. The van der Waals surface area contributed by atoms with Crippen molar-refractivity contribution >= 4 is 17.7 Å². The quantitative estimate of drug-likeness (QED) is 0.0318. The summed E-state index contributed by atoms with van der Waals surface area (Å²) >= 11 is 0. The van der Waals surface area contributed by atoms with Crippen molar-refractivity contribution < 1.29 is 178 Å². The topological polar surface area (TPSA) is 626 Å². The minimum Gasteiger partial charge on any atom is -0.394 e. The van der Waals surface area contributed by atoms with E-state index in [4.69, 9.17) is 56.8 Å². The van der Waals surface area contributed by atoms with E-state index in [-0.39, 0.29) is 39.3 Å². The molecule has 6 aliphatic heterocycles. The van der Waals surface area contributed by atoms with E-state index in [2.05, 4.69) is 16.0 Å². The number of aliphatic hydroxyl groups excluding tert-OH is 21. The Hall–Kier alpha value is -2.95. The van der Waals surface area contributed by atoms with Crippen LogP contribution in [0.3, 0.4) is 0 Å². The van der Waals surface area contributed by atoms with Gasteiger partial charge in [0, 0.05) is 39.3 Å². The average molecular weight is 1290 g/mol. The molecule has 30 atom stereocenters. The van der Waals surface area contributed by atoms with Gasteiger partial charge in [0.05, 0.1) is 39.6 Å². The molecule has 40 heteroatoms. The summed E-state index contributed by atoms with van der Waals surface area (Å²) in [6.45, 7) is -8.15. The Labute approximate surface area is 499 Å². The summed E-state index contributed by atoms with van der Waals surface area (Å²) < 4.78 is 65.2. The molecule has 0 spiro atoms. The Bertz CT molecular complexity index is 1870. The van der Waals surface area contributed by atoms with Gasteiger partial charge in [-0.25, -0.2) is 0 Å². The second kappa shape index (κ2) is 34.8. The minimum absolute atomic E-state index is 0.0287. The number of hydrogen-bond donors (Lipinski definition) is 24. The summed E-state index contributed by atoms with van der Waals surface area (Å²) in [4.78, 5) is 40.6. The van der Waals surface area contributed by atoms with Crippen LogP contribution in [0.15, 0.2) is 0 Å². The van der Waals surface area contributed by atoms with E-state index >= 15 is 0 Å². The zero-order valence-electron chi connectivity index (χ0n) is 46.9. The van der Waals surface area contributed by atoms with Gasteiger partial charge in [-0.05, 0) is 0 Å². The molecule has 6 aliphatic rings. The summed E-state index contributed by atoms with van der Waals surface area (Å²) in [6.07, 6.45) is -52.7. The predicted molar refractivity (Wildman–Crippen MR) is 273 cm³/mol. The maximum Gasteiger partial charge on any atom is 0.246 e. The zero-order chi connectivity index (χ0) is 64.8. The molecule has 88 heavy (non-hydrogen) atoms. The molecule has 0 aromatic rings. The summed E-state index contributed by atoms with van der Waals surface area (Å²) in [7, 11) is 0. The number of nitrogens with one attached hydrogen (secondary N) is 3. The number of carbonyl (C=O) groups is 3. The van der Waals surface area contributed by atoms with Crippen LogP contribution in [0, 0.1) is 0 Å². The lowest BCUT2D eigenvalue weighted by atomic mass is 9.97. The second-order valence-corrected chi connectivity index (χ2v) is 21.3. The highest BCUT2D eigenvalue weighted by molar-refractivity contribution is 5.78. The van der Waals surface area contributed by atoms with E-state index < -0.39 is 261 Å². The molecule has 3 amide bonds. The minimum atomic E-state index is -1.96. The first kappa shape index (κ1) is 74.1. The maximum absolute atomic E-state index is 13.0.